The summed E-state index contributed by atoms with van der Waals surface area (Å²) in [5.74, 6) is 2.27. The predicted molar refractivity (Wildman–Crippen MR) is 85.0 cm³/mol. The first-order chi connectivity index (χ1) is 11.3. The molecule has 2 aliphatic rings. The maximum atomic E-state index is 8.70. The van der Waals surface area contributed by atoms with Gasteiger partial charge in [-0.05, 0) is 30.9 Å². The minimum absolute atomic E-state index is 0.334. The zero-order chi connectivity index (χ0) is 15.6. The van der Waals surface area contributed by atoms with Gasteiger partial charge >= 0.3 is 0 Å². The van der Waals surface area contributed by atoms with Crippen molar-refractivity contribution in [2.24, 2.45) is 5.92 Å². The van der Waals surface area contributed by atoms with E-state index in [1.165, 1.54) is 23.9 Å². The Hall–Kier alpha value is -2.75. The van der Waals surface area contributed by atoms with Crippen LogP contribution in [0.15, 0.2) is 18.5 Å². The first kappa shape index (κ1) is 13.9. The van der Waals surface area contributed by atoms with Crippen LogP contribution in [-0.4, -0.2) is 39.8 Å². The quantitative estimate of drug-likeness (QED) is 0.906. The van der Waals surface area contributed by atoms with E-state index in [4.69, 9.17) is 5.26 Å². The second-order valence-corrected chi connectivity index (χ2v) is 6.08. The molecule has 2 aromatic rings. The third kappa shape index (κ3) is 2.80. The van der Waals surface area contributed by atoms with Crippen LogP contribution in [-0.2, 0) is 12.8 Å². The lowest BCUT2D eigenvalue weighted by Gasteiger charge is -2.40. The Morgan fingerprint density at radius 1 is 1.22 bits per heavy atom. The second-order valence-electron chi connectivity index (χ2n) is 6.08. The fraction of sp³-hybridized carbons (Fsp3) is 0.438. The molecule has 0 radical (unpaired) electrons. The van der Waals surface area contributed by atoms with Crippen molar-refractivity contribution in [2.45, 2.75) is 19.3 Å². The van der Waals surface area contributed by atoms with Crippen molar-refractivity contribution in [1.29, 1.82) is 5.26 Å². The number of rotatable bonds is 4. The Labute approximate surface area is 134 Å². The third-order valence-electron chi connectivity index (χ3n) is 4.43. The molecule has 0 atom stereocenters. The Morgan fingerprint density at radius 2 is 2.13 bits per heavy atom. The van der Waals surface area contributed by atoms with Crippen molar-refractivity contribution in [3.8, 4) is 6.07 Å². The Morgan fingerprint density at radius 3 is 2.91 bits per heavy atom. The van der Waals surface area contributed by atoms with Crippen molar-refractivity contribution >= 4 is 11.6 Å². The number of fused-ring (bicyclic) bond motifs is 1. The number of aryl methyl sites for hydroxylation is 2. The minimum atomic E-state index is 0.334. The van der Waals surface area contributed by atoms with Gasteiger partial charge in [0.1, 0.15) is 11.9 Å². The number of hydrogen-bond donors (Lipinski definition) is 1. The number of aromatic nitrogens is 4. The fourth-order valence-electron chi connectivity index (χ4n) is 3.08. The lowest BCUT2D eigenvalue weighted by molar-refractivity contribution is 0.425. The van der Waals surface area contributed by atoms with Crippen LogP contribution < -0.4 is 10.2 Å². The summed E-state index contributed by atoms with van der Waals surface area (Å²) >= 11 is 0. The lowest BCUT2D eigenvalue weighted by Crippen LogP contribution is -2.50. The lowest BCUT2D eigenvalue weighted by atomic mass is 10.00. The maximum Gasteiger partial charge on any atom is 0.158 e. The summed E-state index contributed by atoms with van der Waals surface area (Å²) in [6.07, 6.45) is 6.48. The van der Waals surface area contributed by atoms with E-state index in [9.17, 15) is 0 Å². The average Bonchev–Trinajstić information content (AvgIpc) is 3.01. The van der Waals surface area contributed by atoms with Crippen molar-refractivity contribution in [1.82, 2.24) is 20.2 Å². The first-order valence-electron chi connectivity index (χ1n) is 7.88. The van der Waals surface area contributed by atoms with E-state index < -0.39 is 0 Å². The number of nitriles is 1. The Balaban J connectivity index is 1.29. The van der Waals surface area contributed by atoms with E-state index >= 15 is 0 Å². The van der Waals surface area contributed by atoms with Crippen LogP contribution in [0, 0.1) is 17.2 Å². The molecule has 0 bridgehead atoms. The van der Waals surface area contributed by atoms with Gasteiger partial charge in [0, 0.05) is 25.6 Å². The van der Waals surface area contributed by atoms with Gasteiger partial charge in [-0.15, -0.1) is 5.10 Å². The number of nitrogens with one attached hydrogen (secondary N) is 1. The molecule has 4 rings (SSSR count). The second kappa shape index (κ2) is 5.80. The highest BCUT2D eigenvalue weighted by Crippen LogP contribution is 2.27. The summed E-state index contributed by atoms with van der Waals surface area (Å²) in [6, 6.07) is 4.16. The highest BCUT2D eigenvalue weighted by atomic mass is 15.3. The molecule has 0 amide bonds. The van der Waals surface area contributed by atoms with Gasteiger partial charge in [0.2, 0.25) is 0 Å². The third-order valence-corrected chi connectivity index (χ3v) is 4.43. The van der Waals surface area contributed by atoms with Crippen molar-refractivity contribution in [3.63, 3.8) is 0 Å². The van der Waals surface area contributed by atoms with E-state index in [0.717, 1.165) is 38.3 Å². The Bertz CT molecular complexity index is 744. The molecule has 1 N–H and O–H groups in total. The van der Waals surface area contributed by atoms with Gasteiger partial charge < -0.3 is 10.2 Å². The van der Waals surface area contributed by atoms with Gasteiger partial charge in [0.25, 0.3) is 0 Å². The molecular formula is C16H17N7. The molecule has 7 nitrogen and oxygen atoms in total. The van der Waals surface area contributed by atoms with Gasteiger partial charge in [-0.2, -0.15) is 10.4 Å². The monoisotopic (exact) mass is 307 g/mol. The average molecular weight is 307 g/mol. The smallest absolute Gasteiger partial charge is 0.158 e. The molecular weight excluding hydrogens is 290 g/mol. The molecule has 7 heteroatoms. The highest BCUT2D eigenvalue weighted by Gasteiger charge is 2.28. The fourth-order valence-corrected chi connectivity index (χ4v) is 3.08. The van der Waals surface area contributed by atoms with E-state index in [0.29, 0.717) is 17.4 Å². The molecule has 23 heavy (non-hydrogen) atoms. The number of hydrogen-bond acceptors (Lipinski definition) is 7. The van der Waals surface area contributed by atoms with E-state index in [2.05, 4.69) is 36.4 Å². The molecule has 1 aliphatic carbocycles. The van der Waals surface area contributed by atoms with Crippen molar-refractivity contribution in [3.05, 3.63) is 35.4 Å². The SMILES string of the molecule is N#Cc1cnc(NCC2CN(c3cc4c(nn3)CCC4)C2)cn1. The Kier molecular flexibility index (Phi) is 3.50. The van der Waals surface area contributed by atoms with Crippen LogP contribution in [0.4, 0.5) is 11.6 Å². The number of anilines is 2. The van der Waals surface area contributed by atoms with Crippen LogP contribution >= 0.6 is 0 Å². The summed E-state index contributed by atoms with van der Waals surface area (Å²) in [6.45, 7) is 2.80. The molecule has 0 aromatic carbocycles. The van der Waals surface area contributed by atoms with Gasteiger partial charge in [-0.25, -0.2) is 9.97 Å². The van der Waals surface area contributed by atoms with E-state index in [-0.39, 0.29) is 0 Å². The molecule has 0 saturated carbocycles. The summed E-state index contributed by atoms with van der Waals surface area (Å²) in [5.41, 5.74) is 2.87. The van der Waals surface area contributed by atoms with Crippen LogP contribution in [0.2, 0.25) is 0 Å². The van der Waals surface area contributed by atoms with Gasteiger partial charge in [0.05, 0.1) is 18.1 Å². The highest BCUT2D eigenvalue weighted by molar-refractivity contribution is 5.45. The minimum Gasteiger partial charge on any atom is -0.368 e. The molecule has 116 valence electrons. The summed E-state index contributed by atoms with van der Waals surface area (Å²) in [5, 5.41) is 20.7. The molecule has 0 unspecified atom stereocenters. The molecule has 1 fully saturated rings. The van der Waals surface area contributed by atoms with Gasteiger partial charge in [-0.3, -0.25) is 0 Å². The predicted octanol–water partition coefficient (Wildman–Crippen LogP) is 1.18. The van der Waals surface area contributed by atoms with Crippen molar-refractivity contribution in [2.75, 3.05) is 29.9 Å². The summed E-state index contributed by atoms with van der Waals surface area (Å²) in [7, 11) is 0. The molecule has 2 aromatic heterocycles. The van der Waals surface area contributed by atoms with Crippen LogP contribution in [0.5, 0.6) is 0 Å². The zero-order valence-corrected chi connectivity index (χ0v) is 12.7. The van der Waals surface area contributed by atoms with Gasteiger partial charge in [0.15, 0.2) is 11.5 Å². The largest absolute Gasteiger partial charge is 0.368 e. The molecule has 1 aliphatic heterocycles. The molecule has 1 saturated heterocycles. The first-order valence-corrected chi connectivity index (χ1v) is 7.88. The van der Waals surface area contributed by atoms with Gasteiger partial charge in [-0.1, -0.05) is 0 Å². The van der Waals surface area contributed by atoms with Crippen LogP contribution in [0.1, 0.15) is 23.4 Å². The maximum absolute atomic E-state index is 8.70. The normalized spacial score (nSPS) is 16.6. The van der Waals surface area contributed by atoms with E-state index in [1.54, 1.807) is 6.20 Å². The summed E-state index contributed by atoms with van der Waals surface area (Å²) in [4.78, 5) is 10.4. The van der Waals surface area contributed by atoms with Crippen molar-refractivity contribution < 1.29 is 0 Å². The summed E-state index contributed by atoms with van der Waals surface area (Å²) < 4.78 is 0. The zero-order valence-electron chi connectivity index (χ0n) is 12.7. The molecule has 0 spiro atoms. The molecule has 3 heterocycles. The van der Waals surface area contributed by atoms with Crippen LogP contribution in [0.3, 0.4) is 0 Å². The van der Waals surface area contributed by atoms with Crippen LogP contribution in [0.25, 0.3) is 0 Å². The number of nitrogens with zero attached hydrogens (tertiary/aromatic N) is 6. The van der Waals surface area contributed by atoms with E-state index in [1.807, 2.05) is 6.07 Å². The standard InChI is InChI=1S/C16H17N7/c17-5-13-7-20-15(8-18-13)19-6-11-9-23(10-11)16-4-12-2-1-3-14(12)21-22-16/h4,7-8,11H,1-3,6,9-10H2,(H,19,20). The topological polar surface area (TPSA) is 90.6 Å².